The van der Waals surface area contributed by atoms with Crippen molar-refractivity contribution < 1.29 is 24.5 Å². The van der Waals surface area contributed by atoms with Crippen molar-refractivity contribution in [2.75, 3.05) is 6.61 Å². The smallest absolute Gasteiger partial charge is 0.352 e. The molecule has 3 unspecified atom stereocenters. The van der Waals surface area contributed by atoms with Crippen LogP contribution in [-0.4, -0.2) is 39.7 Å². The lowest BCUT2D eigenvalue weighted by Crippen LogP contribution is -2.57. The van der Waals surface area contributed by atoms with Gasteiger partial charge in [-0.1, -0.05) is 0 Å². The Morgan fingerprint density at radius 3 is 2.71 bits per heavy atom. The minimum atomic E-state index is -2.44. The number of thiol groups is 1. The SMILES string of the molecule is NC(O)(C(=O)O)C(S)C1COC(=O)C1. The highest BCUT2D eigenvalue weighted by molar-refractivity contribution is 7.81. The second-order valence-corrected chi connectivity index (χ2v) is 3.78. The van der Waals surface area contributed by atoms with Crippen molar-refractivity contribution in [1.82, 2.24) is 0 Å². The summed E-state index contributed by atoms with van der Waals surface area (Å²) in [5.74, 6) is -2.48. The second-order valence-electron chi connectivity index (χ2n) is 3.22. The third kappa shape index (κ3) is 1.99. The summed E-state index contributed by atoms with van der Waals surface area (Å²) in [6.45, 7) is 0.0415. The zero-order valence-corrected chi connectivity index (χ0v) is 8.11. The summed E-state index contributed by atoms with van der Waals surface area (Å²) >= 11 is 3.90. The van der Waals surface area contributed by atoms with E-state index in [1.807, 2.05) is 0 Å². The zero-order chi connectivity index (χ0) is 10.9. The molecule has 4 N–H and O–H groups in total. The van der Waals surface area contributed by atoms with E-state index in [4.69, 9.17) is 10.8 Å². The molecule has 1 aliphatic rings. The van der Waals surface area contributed by atoms with E-state index >= 15 is 0 Å². The molecule has 1 saturated heterocycles. The lowest BCUT2D eigenvalue weighted by atomic mass is 9.96. The first-order chi connectivity index (χ1) is 6.35. The van der Waals surface area contributed by atoms with Crippen LogP contribution in [0.5, 0.6) is 0 Å². The molecule has 0 bridgehead atoms. The second kappa shape index (κ2) is 3.76. The van der Waals surface area contributed by atoms with Gasteiger partial charge in [-0.05, 0) is 0 Å². The van der Waals surface area contributed by atoms with Gasteiger partial charge < -0.3 is 14.9 Å². The van der Waals surface area contributed by atoms with Crippen molar-refractivity contribution >= 4 is 24.6 Å². The number of carbonyl (C=O) groups is 2. The highest BCUT2D eigenvalue weighted by Gasteiger charge is 2.45. The number of hydrogen-bond acceptors (Lipinski definition) is 6. The van der Waals surface area contributed by atoms with Gasteiger partial charge in [0.15, 0.2) is 0 Å². The topological polar surface area (TPSA) is 110 Å². The number of aliphatic carboxylic acids is 1. The van der Waals surface area contributed by atoms with Crippen LogP contribution in [0.3, 0.4) is 0 Å². The Bertz CT molecular complexity index is 267. The van der Waals surface area contributed by atoms with Gasteiger partial charge in [0.25, 0.3) is 0 Å². The molecule has 6 nitrogen and oxygen atoms in total. The highest BCUT2D eigenvalue weighted by Crippen LogP contribution is 2.27. The van der Waals surface area contributed by atoms with Crippen molar-refractivity contribution in [3.63, 3.8) is 0 Å². The first-order valence-electron chi connectivity index (χ1n) is 3.94. The van der Waals surface area contributed by atoms with Gasteiger partial charge in [-0.3, -0.25) is 10.5 Å². The molecule has 1 fully saturated rings. The molecule has 80 valence electrons. The standard InChI is InChI=1S/C7H11NO5S/c8-7(12,6(10)11)5(14)3-1-4(9)13-2-3/h3,5,12,14H,1-2,8H2,(H,10,11). The maximum absolute atomic E-state index is 10.7. The average molecular weight is 221 g/mol. The lowest BCUT2D eigenvalue weighted by molar-refractivity contribution is -0.158. The number of esters is 1. The average Bonchev–Trinajstić information content (AvgIpc) is 2.50. The van der Waals surface area contributed by atoms with Crippen LogP contribution in [0.15, 0.2) is 0 Å². The molecule has 1 rings (SSSR count). The molecule has 1 heterocycles. The van der Waals surface area contributed by atoms with E-state index < -0.39 is 28.8 Å². The molecule has 0 amide bonds. The fourth-order valence-corrected chi connectivity index (χ4v) is 1.52. The molecule has 0 aromatic rings. The van der Waals surface area contributed by atoms with E-state index in [0.29, 0.717) is 0 Å². The van der Waals surface area contributed by atoms with E-state index in [9.17, 15) is 14.7 Å². The van der Waals surface area contributed by atoms with Gasteiger partial charge in [-0.2, -0.15) is 12.6 Å². The number of nitrogens with two attached hydrogens (primary N) is 1. The van der Waals surface area contributed by atoms with E-state index in [0.717, 1.165) is 0 Å². The van der Waals surface area contributed by atoms with Crippen LogP contribution >= 0.6 is 12.6 Å². The fraction of sp³-hybridized carbons (Fsp3) is 0.714. The quantitative estimate of drug-likeness (QED) is 0.264. The number of ether oxygens (including phenoxy) is 1. The molecule has 0 saturated carbocycles. The number of hydrogen-bond donors (Lipinski definition) is 4. The van der Waals surface area contributed by atoms with E-state index in [1.165, 1.54) is 0 Å². The van der Waals surface area contributed by atoms with E-state index in [1.54, 1.807) is 0 Å². The van der Waals surface area contributed by atoms with Crippen LogP contribution in [-0.2, 0) is 14.3 Å². The molecule has 0 aromatic carbocycles. The van der Waals surface area contributed by atoms with Crippen molar-refractivity contribution in [3.05, 3.63) is 0 Å². The molecular formula is C7H11NO5S. The number of carboxylic acids is 1. The van der Waals surface area contributed by atoms with Crippen LogP contribution in [0.25, 0.3) is 0 Å². The molecule has 0 spiro atoms. The maximum atomic E-state index is 10.7. The number of cyclic esters (lactones) is 1. The number of rotatable bonds is 3. The van der Waals surface area contributed by atoms with Gasteiger partial charge in [-0.25, -0.2) is 4.79 Å². The minimum absolute atomic E-state index is 0.0287. The summed E-state index contributed by atoms with van der Waals surface area (Å²) in [5, 5.41) is 16.9. The Labute approximate surface area is 85.4 Å². The molecule has 14 heavy (non-hydrogen) atoms. The molecule has 7 heteroatoms. The van der Waals surface area contributed by atoms with Gasteiger partial charge >= 0.3 is 11.9 Å². The molecule has 0 radical (unpaired) electrons. The molecule has 1 aliphatic heterocycles. The van der Waals surface area contributed by atoms with Gasteiger partial charge in [0.05, 0.1) is 18.3 Å². The third-order valence-corrected chi connectivity index (χ3v) is 2.94. The van der Waals surface area contributed by atoms with Crippen LogP contribution in [0, 0.1) is 5.92 Å². The highest BCUT2D eigenvalue weighted by atomic mass is 32.1. The lowest BCUT2D eigenvalue weighted by Gasteiger charge is -2.27. The summed E-state index contributed by atoms with van der Waals surface area (Å²) in [6.07, 6.45) is 0.0287. The van der Waals surface area contributed by atoms with Gasteiger partial charge in [-0.15, -0.1) is 0 Å². The summed E-state index contributed by atoms with van der Waals surface area (Å²) in [7, 11) is 0. The molecule has 0 aromatic heterocycles. The first-order valence-corrected chi connectivity index (χ1v) is 4.45. The summed E-state index contributed by atoms with van der Waals surface area (Å²) in [4.78, 5) is 21.3. The summed E-state index contributed by atoms with van der Waals surface area (Å²) in [6, 6.07) is 0. The van der Waals surface area contributed by atoms with Gasteiger partial charge in [0, 0.05) is 5.92 Å². The largest absolute Gasteiger partial charge is 0.478 e. The van der Waals surface area contributed by atoms with Crippen LogP contribution < -0.4 is 5.73 Å². The Hall–Kier alpha value is -0.790. The zero-order valence-electron chi connectivity index (χ0n) is 7.21. The number of carbonyl (C=O) groups excluding carboxylic acids is 1. The predicted molar refractivity (Wildman–Crippen MR) is 48.6 cm³/mol. The van der Waals surface area contributed by atoms with Crippen LogP contribution in [0.2, 0.25) is 0 Å². The Morgan fingerprint density at radius 2 is 2.36 bits per heavy atom. The van der Waals surface area contributed by atoms with Gasteiger partial charge in [0.2, 0.25) is 5.72 Å². The summed E-state index contributed by atoms with van der Waals surface area (Å²) < 4.78 is 4.61. The van der Waals surface area contributed by atoms with Crippen molar-refractivity contribution in [1.29, 1.82) is 0 Å². The predicted octanol–water partition coefficient (Wildman–Crippen LogP) is -1.42. The van der Waals surface area contributed by atoms with E-state index in [2.05, 4.69) is 17.4 Å². The van der Waals surface area contributed by atoms with Crippen molar-refractivity contribution in [2.24, 2.45) is 11.7 Å². The third-order valence-electron chi connectivity index (χ3n) is 2.13. The van der Waals surface area contributed by atoms with Gasteiger partial charge in [0.1, 0.15) is 0 Å². The first kappa shape index (κ1) is 11.3. The molecular weight excluding hydrogens is 210 g/mol. The van der Waals surface area contributed by atoms with E-state index in [-0.39, 0.29) is 13.0 Å². The normalized spacial score (nSPS) is 27.9. The van der Waals surface area contributed by atoms with Crippen LogP contribution in [0.1, 0.15) is 6.42 Å². The fourth-order valence-electron chi connectivity index (χ4n) is 1.22. The summed E-state index contributed by atoms with van der Waals surface area (Å²) in [5.41, 5.74) is 2.70. The molecule has 3 atom stereocenters. The Morgan fingerprint density at radius 1 is 1.79 bits per heavy atom. The number of carboxylic acid groups (broad SMARTS) is 1. The molecule has 0 aliphatic carbocycles. The van der Waals surface area contributed by atoms with Crippen molar-refractivity contribution in [2.45, 2.75) is 17.4 Å². The van der Waals surface area contributed by atoms with Crippen LogP contribution in [0.4, 0.5) is 0 Å². The monoisotopic (exact) mass is 221 g/mol. The Kier molecular flexibility index (Phi) is 3.03. The van der Waals surface area contributed by atoms with Crippen molar-refractivity contribution in [3.8, 4) is 0 Å². The Balaban J connectivity index is 2.69. The maximum Gasteiger partial charge on any atom is 0.352 e. The number of aliphatic hydroxyl groups is 1. The minimum Gasteiger partial charge on any atom is -0.478 e.